The molecule has 0 radical (unpaired) electrons. The molecule has 0 heterocycles. The second kappa shape index (κ2) is 8.55. The Morgan fingerprint density at radius 3 is 1.62 bits per heavy atom. The monoisotopic (exact) mass is 446 g/mol. The van der Waals surface area contributed by atoms with Crippen LogP contribution in [0, 0.1) is 5.92 Å². The van der Waals surface area contributed by atoms with Crippen molar-refractivity contribution in [2.45, 2.75) is 95.9 Å². The van der Waals surface area contributed by atoms with E-state index in [9.17, 15) is 35.1 Å². The van der Waals surface area contributed by atoms with Crippen LogP contribution in [-0.4, -0.2) is 35.1 Å². The van der Waals surface area contributed by atoms with Crippen molar-refractivity contribution in [1.82, 2.24) is 0 Å². The summed E-state index contributed by atoms with van der Waals surface area (Å²) in [6.45, 7) is 7.28. The number of alkyl halides is 8. The van der Waals surface area contributed by atoms with Crippen LogP contribution >= 0.6 is 0 Å². The molecule has 0 aliphatic heterocycles. The molecule has 0 bridgehead atoms. The van der Waals surface area contributed by atoms with Crippen LogP contribution in [0.3, 0.4) is 0 Å². The van der Waals surface area contributed by atoms with Crippen LogP contribution in [0.25, 0.3) is 0 Å². The van der Waals surface area contributed by atoms with Crippen LogP contribution in [0.15, 0.2) is 12.6 Å². The highest BCUT2D eigenvalue weighted by Crippen LogP contribution is 2.57. The topological polar surface area (TPSA) is 18.5 Å². The zero-order valence-corrected chi connectivity index (χ0v) is 17.1. The van der Waals surface area contributed by atoms with Gasteiger partial charge in [-0.05, 0) is 33.3 Å². The fraction of sp³-hybridized carbons (Fsp3) is 0.889. The van der Waals surface area contributed by atoms with E-state index >= 15 is 4.39 Å². The largest absolute Gasteiger partial charge is 0.458 e. The fourth-order valence-electron chi connectivity index (χ4n) is 2.93. The molecule has 174 valence electrons. The van der Waals surface area contributed by atoms with Crippen molar-refractivity contribution in [1.29, 1.82) is 0 Å². The molecule has 0 aliphatic carbocycles. The van der Waals surface area contributed by atoms with Gasteiger partial charge in [0.2, 0.25) is 0 Å². The summed E-state index contributed by atoms with van der Waals surface area (Å²) in [6, 6.07) is -1.90. The predicted octanol–water partition coefficient (Wildman–Crippen LogP) is 7.34. The average molecular weight is 446 g/mol. The minimum absolute atomic E-state index is 0.221. The molecule has 0 amide bonds. The van der Waals surface area contributed by atoms with E-state index in [2.05, 4.69) is 16.1 Å². The first kappa shape index (κ1) is 27.9. The molecule has 0 saturated heterocycles. The maximum atomic E-state index is 15.2. The summed E-state index contributed by atoms with van der Waals surface area (Å²) in [5, 5.41) is 0. The standard InChI is InChI=1S/C18H27F9O2/c1-8-10-14(7,15(20,21)11(3)4)29-17(24,18(25,26)27)16(22,23)13(6,9-2)28-12(5)19/h11H,5,8-10H2,1-4,6-7H3. The minimum Gasteiger partial charge on any atom is -0.458 e. The van der Waals surface area contributed by atoms with Crippen molar-refractivity contribution in [3.05, 3.63) is 12.6 Å². The third kappa shape index (κ3) is 4.80. The zero-order chi connectivity index (χ0) is 23.7. The number of rotatable bonds is 11. The molecule has 3 atom stereocenters. The molecule has 0 saturated carbocycles. The SMILES string of the molecule is C=C(F)OC(C)(CC)C(F)(F)C(F)(OC(C)(CCC)C(F)(F)C(C)C)C(F)(F)F. The molecular formula is C18H27F9O2. The van der Waals surface area contributed by atoms with Crippen molar-refractivity contribution < 1.29 is 49.0 Å². The van der Waals surface area contributed by atoms with Crippen LogP contribution < -0.4 is 0 Å². The Morgan fingerprint density at radius 2 is 1.34 bits per heavy atom. The van der Waals surface area contributed by atoms with Gasteiger partial charge in [0.05, 0.1) is 0 Å². The van der Waals surface area contributed by atoms with Crippen LogP contribution in [0.2, 0.25) is 0 Å². The highest BCUT2D eigenvalue weighted by Gasteiger charge is 2.81. The molecule has 0 aromatic heterocycles. The van der Waals surface area contributed by atoms with Gasteiger partial charge in [0.1, 0.15) is 5.60 Å². The predicted molar refractivity (Wildman–Crippen MR) is 89.1 cm³/mol. The average Bonchev–Trinajstić information content (AvgIpc) is 2.52. The van der Waals surface area contributed by atoms with Gasteiger partial charge < -0.3 is 9.47 Å². The molecule has 29 heavy (non-hydrogen) atoms. The molecule has 2 nitrogen and oxygen atoms in total. The number of hydrogen-bond acceptors (Lipinski definition) is 2. The van der Waals surface area contributed by atoms with Gasteiger partial charge >= 0.3 is 18.0 Å². The normalized spacial score (nSPS) is 20.0. The Hall–Kier alpha value is -1.13. The molecule has 11 heteroatoms. The second-order valence-corrected chi connectivity index (χ2v) is 7.57. The Kier molecular flexibility index (Phi) is 8.21. The summed E-state index contributed by atoms with van der Waals surface area (Å²) in [4.78, 5) is 0. The van der Waals surface area contributed by atoms with Crippen LogP contribution in [0.4, 0.5) is 39.5 Å². The maximum Gasteiger partial charge on any atom is 0.455 e. The Bertz CT molecular complexity index is 576. The fourth-order valence-corrected chi connectivity index (χ4v) is 2.93. The lowest BCUT2D eigenvalue weighted by atomic mass is 9.83. The molecular weight excluding hydrogens is 419 g/mol. The van der Waals surface area contributed by atoms with Crippen molar-refractivity contribution in [3.63, 3.8) is 0 Å². The molecule has 0 aromatic carbocycles. The van der Waals surface area contributed by atoms with E-state index in [1.807, 2.05) is 0 Å². The molecule has 0 spiro atoms. The summed E-state index contributed by atoms with van der Waals surface area (Å²) in [7, 11) is 0. The molecule has 0 rings (SSSR count). The van der Waals surface area contributed by atoms with E-state index < -0.39 is 59.9 Å². The first-order chi connectivity index (χ1) is 12.7. The van der Waals surface area contributed by atoms with E-state index in [0.29, 0.717) is 13.8 Å². The van der Waals surface area contributed by atoms with Gasteiger partial charge in [0, 0.05) is 5.92 Å². The molecule has 0 aliphatic rings. The number of halogens is 9. The van der Waals surface area contributed by atoms with Gasteiger partial charge in [-0.15, -0.1) is 0 Å². The lowest BCUT2D eigenvalue weighted by Crippen LogP contribution is -2.70. The van der Waals surface area contributed by atoms with Gasteiger partial charge in [-0.1, -0.05) is 34.1 Å². The maximum absolute atomic E-state index is 15.2. The molecule has 0 aromatic rings. The van der Waals surface area contributed by atoms with Gasteiger partial charge in [0.15, 0.2) is 5.60 Å². The summed E-state index contributed by atoms with van der Waals surface area (Å²) in [5.74, 6) is -17.3. The van der Waals surface area contributed by atoms with Gasteiger partial charge in [-0.25, -0.2) is 8.78 Å². The van der Waals surface area contributed by atoms with Crippen molar-refractivity contribution >= 4 is 0 Å². The molecule has 0 N–H and O–H groups in total. The number of ether oxygens (including phenoxy) is 2. The summed E-state index contributed by atoms with van der Waals surface area (Å²) >= 11 is 0. The summed E-state index contributed by atoms with van der Waals surface area (Å²) < 4.78 is 136. The quantitative estimate of drug-likeness (QED) is 0.244. The molecule has 0 fully saturated rings. The first-order valence-corrected chi connectivity index (χ1v) is 8.94. The minimum atomic E-state index is -6.46. The third-order valence-corrected chi connectivity index (χ3v) is 4.97. The van der Waals surface area contributed by atoms with E-state index in [1.54, 1.807) is 0 Å². The smallest absolute Gasteiger partial charge is 0.455 e. The van der Waals surface area contributed by atoms with Gasteiger partial charge in [-0.3, -0.25) is 0 Å². The lowest BCUT2D eigenvalue weighted by Gasteiger charge is -2.49. The molecule has 3 unspecified atom stereocenters. The Labute approximate surface area is 164 Å². The van der Waals surface area contributed by atoms with Gasteiger partial charge in [0.25, 0.3) is 11.9 Å². The Balaban J connectivity index is 6.76. The highest BCUT2D eigenvalue weighted by atomic mass is 19.4. The van der Waals surface area contributed by atoms with Crippen molar-refractivity contribution in [2.75, 3.05) is 0 Å². The first-order valence-electron chi connectivity index (χ1n) is 8.94. The Morgan fingerprint density at radius 1 is 0.897 bits per heavy atom. The summed E-state index contributed by atoms with van der Waals surface area (Å²) in [6.07, 6.45) is -8.58. The second-order valence-electron chi connectivity index (χ2n) is 7.57. The van der Waals surface area contributed by atoms with E-state index in [4.69, 9.17) is 0 Å². The van der Waals surface area contributed by atoms with E-state index in [0.717, 1.165) is 20.8 Å². The lowest BCUT2D eigenvalue weighted by molar-refractivity contribution is -0.460. The van der Waals surface area contributed by atoms with Crippen molar-refractivity contribution in [3.8, 4) is 0 Å². The van der Waals surface area contributed by atoms with Crippen LogP contribution in [0.1, 0.15) is 60.8 Å². The zero-order valence-electron chi connectivity index (χ0n) is 17.1. The van der Waals surface area contributed by atoms with E-state index in [-0.39, 0.29) is 6.42 Å². The van der Waals surface area contributed by atoms with E-state index in [1.165, 1.54) is 6.92 Å². The van der Waals surface area contributed by atoms with Crippen LogP contribution in [0.5, 0.6) is 0 Å². The third-order valence-electron chi connectivity index (χ3n) is 4.97. The highest BCUT2D eigenvalue weighted by molar-refractivity contribution is 5.08. The van der Waals surface area contributed by atoms with Crippen LogP contribution in [-0.2, 0) is 9.47 Å². The van der Waals surface area contributed by atoms with Crippen molar-refractivity contribution in [2.24, 2.45) is 5.92 Å². The van der Waals surface area contributed by atoms with Gasteiger partial charge in [-0.2, -0.15) is 30.7 Å². The number of hydrogen-bond donors (Lipinski definition) is 0. The summed E-state index contributed by atoms with van der Waals surface area (Å²) in [5.41, 5.74) is -6.70.